The molecule has 1 aromatic heterocycles. The molecule has 1 aliphatic rings. The molecule has 1 heterocycles. The van der Waals surface area contributed by atoms with Gasteiger partial charge in [-0.2, -0.15) is 4.98 Å². The standard InChI is InChI=1S/C20H26N6O2/c1-3-12(11-28-2)17(21)13-4-6-15(7-5-13)25-20-23-10-16(18(22)27)19(26-20)24-14-8-9-14/h4-7,10,12,14,21H,3,8-9,11H2,1-2H3,(H2,22,27)(H2,23,24,25,26)/t12-/m1/s1. The molecule has 1 amide bonds. The molecule has 8 heteroatoms. The van der Waals surface area contributed by atoms with Crippen molar-refractivity contribution in [3.63, 3.8) is 0 Å². The Morgan fingerprint density at radius 3 is 2.64 bits per heavy atom. The van der Waals surface area contributed by atoms with Crippen LogP contribution in [0.1, 0.15) is 42.1 Å². The third-order valence-corrected chi connectivity index (χ3v) is 4.69. The van der Waals surface area contributed by atoms with E-state index in [1.807, 2.05) is 24.3 Å². The van der Waals surface area contributed by atoms with E-state index in [-0.39, 0.29) is 11.5 Å². The van der Waals surface area contributed by atoms with Crippen LogP contribution < -0.4 is 16.4 Å². The van der Waals surface area contributed by atoms with Crippen LogP contribution in [0.2, 0.25) is 0 Å². The van der Waals surface area contributed by atoms with E-state index in [2.05, 4.69) is 27.5 Å². The van der Waals surface area contributed by atoms with Crippen LogP contribution in [-0.2, 0) is 4.74 Å². The molecule has 0 radical (unpaired) electrons. The van der Waals surface area contributed by atoms with E-state index in [1.54, 1.807) is 7.11 Å². The predicted molar refractivity (Wildman–Crippen MR) is 109 cm³/mol. The lowest BCUT2D eigenvalue weighted by Gasteiger charge is -2.16. The van der Waals surface area contributed by atoms with Gasteiger partial charge in [0, 0.05) is 36.7 Å². The number of hydrogen-bond donors (Lipinski definition) is 4. The minimum absolute atomic E-state index is 0.0737. The van der Waals surface area contributed by atoms with Gasteiger partial charge in [-0.15, -0.1) is 0 Å². The summed E-state index contributed by atoms with van der Waals surface area (Å²) in [5.41, 5.74) is 7.90. The van der Waals surface area contributed by atoms with Crippen LogP contribution in [0.15, 0.2) is 30.5 Å². The summed E-state index contributed by atoms with van der Waals surface area (Å²) in [5.74, 6) is 0.349. The Balaban J connectivity index is 1.73. The molecular weight excluding hydrogens is 356 g/mol. The van der Waals surface area contributed by atoms with E-state index in [0.29, 0.717) is 30.1 Å². The highest BCUT2D eigenvalue weighted by Gasteiger charge is 2.24. The number of amides is 1. The molecule has 0 saturated heterocycles. The van der Waals surface area contributed by atoms with Crippen molar-refractivity contribution in [2.45, 2.75) is 32.2 Å². The highest BCUT2D eigenvalue weighted by Crippen LogP contribution is 2.26. The topological polar surface area (TPSA) is 126 Å². The van der Waals surface area contributed by atoms with Gasteiger partial charge in [-0.1, -0.05) is 19.1 Å². The van der Waals surface area contributed by atoms with E-state index in [4.69, 9.17) is 15.9 Å². The van der Waals surface area contributed by atoms with Crippen molar-refractivity contribution in [3.05, 3.63) is 41.6 Å². The number of primary amides is 1. The Morgan fingerprint density at radius 2 is 2.07 bits per heavy atom. The van der Waals surface area contributed by atoms with Gasteiger partial charge < -0.3 is 26.5 Å². The van der Waals surface area contributed by atoms with Crippen molar-refractivity contribution < 1.29 is 9.53 Å². The van der Waals surface area contributed by atoms with Crippen LogP contribution in [0.25, 0.3) is 0 Å². The molecule has 0 aliphatic heterocycles. The number of nitrogens with zero attached hydrogens (tertiary/aromatic N) is 2. The average molecular weight is 382 g/mol. The quantitative estimate of drug-likeness (QED) is 0.468. The van der Waals surface area contributed by atoms with Gasteiger partial charge in [0.2, 0.25) is 5.95 Å². The first-order valence-corrected chi connectivity index (χ1v) is 9.40. The Bertz CT molecular complexity index is 848. The molecule has 8 nitrogen and oxygen atoms in total. The lowest BCUT2D eigenvalue weighted by molar-refractivity contribution is 0.100. The number of carbonyl (C=O) groups excluding carboxylic acids is 1. The van der Waals surface area contributed by atoms with E-state index < -0.39 is 5.91 Å². The van der Waals surface area contributed by atoms with E-state index in [0.717, 1.165) is 30.5 Å². The molecule has 0 spiro atoms. The van der Waals surface area contributed by atoms with E-state index in [1.165, 1.54) is 6.20 Å². The Hall–Kier alpha value is -3.00. The molecule has 1 saturated carbocycles. The maximum absolute atomic E-state index is 11.6. The smallest absolute Gasteiger partial charge is 0.254 e. The summed E-state index contributed by atoms with van der Waals surface area (Å²) in [6, 6.07) is 7.88. The molecule has 2 aromatic rings. The number of hydrogen-bond acceptors (Lipinski definition) is 7. The van der Waals surface area contributed by atoms with Crippen molar-refractivity contribution in [3.8, 4) is 0 Å². The van der Waals surface area contributed by atoms with E-state index >= 15 is 0 Å². The highest BCUT2D eigenvalue weighted by atomic mass is 16.5. The number of carbonyl (C=O) groups is 1. The summed E-state index contributed by atoms with van der Waals surface area (Å²) < 4.78 is 5.20. The first-order chi connectivity index (χ1) is 13.5. The fourth-order valence-corrected chi connectivity index (χ4v) is 2.86. The van der Waals surface area contributed by atoms with Gasteiger partial charge in [-0.25, -0.2) is 4.98 Å². The molecule has 0 unspecified atom stereocenters. The van der Waals surface area contributed by atoms with Crippen molar-refractivity contribution >= 4 is 29.1 Å². The van der Waals surface area contributed by atoms with Crippen molar-refractivity contribution in [1.82, 2.24) is 9.97 Å². The van der Waals surface area contributed by atoms with Crippen LogP contribution >= 0.6 is 0 Å². The van der Waals surface area contributed by atoms with Gasteiger partial charge in [-0.05, 0) is 37.0 Å². The average Bonchev–Trinajstić information content (AvgIpc) is 3.50. The number of ether oxygens (including phenoxy) is 1. The van der Waals surface area contributed by atoms with Gasteiger partial charge in [0.25, 0.3) is 5.91 Å². The molecular formula is C20H26N6O2. The van der Waals surface area contributed by atoms with Crippen LogP contribution in [0.5, 0.6) is 0 Å². The molecule has 28 heavy (non-hydrogen) atoms. The molecule has 3 rings (SSSR count). The number of methoxy groups -OCH3 is 1. The van der Waals surface area contributed by atoms with Gasteiger partial charge >= 0.3 is 0 Å². The summed E-state index contributed by atoms with van der Waals surface area (Å²) >= 11 is 0. The minimum Gasteiger partial charge on any atom is -0.384 e. The lowest BCUT2D eigenvalue weighted by atomic mass is 9.95. The van der Waals surface area contributed by atoms with E-state index in [9.17, 15) is 4.79 Å². The summed E-state index contributed by atoms with van der Waals surface area (Å²) in [5, 5.41) is 14.7. The fraction of sp³-hybridized carbons (Fsp3) is 0.400. The fourth-order valence-electron chi connectivity index (χ4n) is 2.86. The van der Waals surface area contributed by atoms with Crippen LogP contribution in [0.3, 0.4) is 0 Å². The highest BCUT2D eigenvalue weighted by molar-refractivity contribution is 6.00. The zero-order valence-corrected chi connectivity index (χ0v) is 16.2. The lowest BCUT2D eigenvalue weighted by Crippen LogP contribution is -2.19. The van der Waals surface area contributed by atoms with Crippen molar-refractivity contribution in [2.24, 2.45) is 11.7 Å². The summed E-state index contributed by atoms with van der Waals surface area (Å²) in [4.78, 5) is 20.2. The maximum atomic E-state index is 11.6. The maximum Gasteiger partial charge on any atom is 0.254 e. The Kier molecular flexibility index (Phi) is 6.20. The second-order valence-electron chi connectivity index (χ2n) is 6.92. The van der Waals surface area contributed by atoms with Gasteiger partial charge in [-0.3, -0.25) is 4.79 Å². The largest absolute Gasteiger partial charge is 0.384 e. The van der Waals surface area contributed by atoms with Crippen LogP contribution in [-0.4, -0.2) is 41.3 Å². The number of rotatable bonds is 10. The number of anilines is 3. The molecule has 148 valence electrons. The molecule has 1 fully saturated rings. The Morgan fingerprint density at radius 1 is 1.36 bits per heavy atom. The molecule has 1 atom stereocenters. The van der Waals surface area contributed by atoms with Crippen molar-refractivity contribution in [1.29, 1.82) is 5.41 Å². The first kappa shape index (κ1) is 19.8. The van der Waals surface area contributed by atoms with Crippen molar-refractivity contribution in [2.75, 3.05) is 24.4 Å². The number of aromatic nitrogens is 2. The number of nitrogens with two attached hydrogens (primary N) is 1. The van der Waals surface area contributed by atoms with Crippen LogP contribution in [0, 0.1) is 11.3 Å². The SMILES string of the molecule is CC[C@H](COC)C(=N)c1ccc(Nc2ncc(C(N)=O)c(NC3CC3)n2)cc1. The third-order valence-electron chi connectivity index (χ3n) is 4.69. The first-order valence-electron chi connectivity index (χ1n) is 9.40. The zero-order valence-electron chi connectivity index (χ0n) is 16.2. The van der Waals surface area contributed by atoms with Gasteiger partial charge in [0.15, 0.2) is 0 Å². The summed E-state index contributed by atoms with van der Waals surface area (Å²) in [6.07, 6.45) is 4.40. The van der Waals surface area contributed by atoms with Crippen LogP contribution in [0.4, 0.5) is 17.5 Å². The Labute approximate surface area is 164 Å². The predicted octanol–water partition coefficient (Wildman–Crippen LogP) is 2.93. The molecule has 1 aliphatic carbocycles. The van der Waals surface area contributed by atoms with Gasteiger partial charge in [0.1, 0.15) is 5.82 Å². The molecule has 0 bridgehead atoms. The third kappa shape index (κ3) is 4.83. The summed E-state index contributed by atoms with van der Waals surface area (Å²) in [6.45, 7) is 2.58. The number of benzene rings is 1. The molecule has 1 aromatic carbocycles. The zero-order chi connectivity index (χ0) is 20.1. The monoisotopic (exact) mass is 382 g/mol. The second kappa shape index (κ2) is 8.79. The summed E-state index contributed by atoms with van der Waals surface area (Å²) in [7, 11) is 1.65. The number of nitrogens with one attached hydrogen (secondary N) is 3. The normalized spacial score (nSPS) is 14.4. The van der Waals surface area contributed by atoms with Gasteiger partial charge in [0.05, 0.1) is 12.2 Å². The molecule has 5 N–H and O–H groups in total. The second-order valence-corrected chi connectivity index (χ2v) is 6.92. The minimum atomic E-state index is -0.556.